The van der Waals surface area contributed by atoms with Crippen molar-refractivity contribution in [2.24, 2.45) is 0 Å². The number of likely N-dealkylation sites (tertiary alicyclic amines) is 2. The third-order valence-electron chi connectivity index (χ3n) is 21.4. The van der Waals surface area contributed by atoms with Crippen LogP contribution in [-0.4, -0.2) is 184 Å². The first kappa shape index (κ1) is 68.5. The van der Waals surface area contributed by atoms with Crippen molar-refractivity contribution in [1.82, 2.24) is 56.5 Å². The second-order valence-corrected chi connectivity index (χ2v) is 33.3. The van der Waals surface area contributed by atoms with E-state index in [1.165, 1.54) is 23.4 Å². The van der Waals surface area contributed by atoms with E-state index in [9.17, 15) is 44.4 Å². The van der Waals surface area contributed by atoms with Crippen molar-refractivity contribution in [3.05, 3.63) is 196 Å². The van der Waals surface area contributed by atoms with E-state index in [4.69, 9.17) is 0 Å². The summed E-state index contributed by atoms with van der Waals surface area (Å²) in [6, 6.07) is 33.1. The molecule has 0 bridgehead atoms. The number of aromatic nitrogens is 6. The van der Waals surface area contributed by atoms with E-state index in [0.29, 0.717) is 144 Å². The van der Waals surface area contributed by atoms with Gasteiger partial charge in [0.1, 0.15) is 0 Å². The van der Waals surface area contributed by atoms with Gasteiger partial charge in [0.25, 0.3) is 17.7 Å². The number of benzene rings is 3. The quantitative estimate of drug-likeness (QED) is 0.0792. The van der Waals surface area contributed by atoms with Gasteiger partial charge in [0.05, 0.1) is 67.4 Å². The molecule has 1 N–H and O–H groups in total. The van der Waals surface area contributed by atoms with E-state index in [1.807, 2.05) is 96.0 Å². The number of anilines is 1. The summed E-state index contributed by atoms with van der Waals surface area (Å²) in [7, 11) is -11.2. The number of fused-ring (bicyclic) bond motifs is 3. The van der Waals surface area contributed by atoms with Gasteiger partial charge in [0.15, 0.2) is 0 Å². The summed E-state index contributed by atoms with van der Waals surface area (Å²) in [4.78, 5) is 59.3. The SMILES string of the molecule is CCN(CCc1cccc(S(=O)(=O)N2CCC(c3ccn4ncc(C(=O)N5CCC(c6ccc(CS(=O)(=O)N7CCC(c8ccn9ncc(C(=O)N%10CCCCC%10)c9c8)CC7)cc6)CC5)c4c3)CC2)c1)C(=O)c1cnn2ccc(C3CCN(S(=O)(=O)c4ccc(NC(C)=O)cc4)CC3)cc12. The molecule has 0 radical (unpaired) electrons. The molecule has 100 heavy (non-hydrogen) atoms. The molecular formula is C74H85N13O10S3. The average Bonchev–Trinajstić information content (AvgIpc) is 1.49. The topological polar surface area (TPSA) is 254 Å². The smallest absolute Gasteiger partial charge is 0.257 e. The van der Waals surface area contributed by atoms with Gasteiger partial charge in [-0.05, 0) is 214 Å². The number of carbonyl (C=O) groups excluding carboxylic acids is 4. The first-order chi connectivity index (χ1) is 48.3. The number of amides is 4. The maximum absolute atomic E-state index is 14.3. The standard InChI is InChI=1S/C74H85N13O10S3/c1-3-79(72(89)66-48-75-85-41-28-61(45-69(66)85)58-23-37-83(38-24-58)99(94,95)64-16-14-63(15-17-64)78-52(2)88)32-18-53-8-7-9-65(44-53)100(96,97)84-39-25-59(26-40-84)62-29-43-87-71(47-62)68(50-77-87)74(91)81-33-19-56(20-34-81)55-12-10-54(11-13-55)51-98(92,93)82-35-21-57(22-36-82)60-27-42-86-70(46-60)67(49-76-86)73(90)80-30-5-4-6-31-80/h7-17,27-29,41-50,56-59H,3-6,18-26,30-40,51H2,1-2H3,(H,78,88). The van der Waals surface area contributed by atoms with E-state index in [-0.39, 0.29) is 62.8 Å². The van der Waals surface area contributed by atoms with Crippen molar-refractivity contribution in [2.75, 3.05) is 83.9 Å². The molecule has 26 heteroatoms. The second kappa shape index (κ2) is 28.8. The predicted molar refractivity (Wildman–Crippen MR) is 380 cm³/mol. The van der Waals surface area contributed by atoms with Crippen molar-refractivity contribution < 1.29 is 44.4 Å². The summed E-state index contributed by atoms with van der Waals surface area (Å²) in [6.45, 7) is 8.86. The molecule has 9 aromatic rings. The van der Waals surface area contributed by atoms with Crippen LogP contribution in [0.5, 0.6) is 0 Å². The minimum Gasteiger partial charge on any atom is -0.339 e. The lowest BCUT2D eigenvalue weighted by atomic mass is 9.88. The minimum absolute atomic E-state index is 0.0209. The van der Waals surface area contributed by atoms with Gasteiger partial charge in [0.2, 0.25) is 36.0 Å². The molecule has 0 atom stereocenters. The van der Waals surface area contributed by atoms with Gasteiger partial charge >= 0.3 is 0 Å². The summed E-state index contributed by atoms with van der Waals surface area (Å²) in [5.74, 6) is -0.0732. The van der Waals surface area contributed by atoms with E-state index in [2.05, 4.69) is 26.7 Å². The zero-order chi connectivity index (χ0) is 69.5. The molecule has 0 unspecified atom stereocenters. The first-order valence-electron chi connectivity index (χ1n) is 35.1. The zero-order valence-electron chi connectivity index (χ0n) is 56.5. The molecular weight excluding hydrogens is 1330 g/mol. The number of pyridine rings is 3. The van der Waals surface area contributed by atoms with Gasteiger partial charge in [-0.15, -0.1) is 0 Å². The fourth-order valence-electron chi connectivity index (χ4n) is 15.5. The number of hydrogen-bond donors (Lipinski definition) is 1. The molecule has 4 amide bonds. The molecule has 23 nitrogen and oxygen atoms in total. The van der Waals surface area contributed by atoms with E-state index < -0.39 is 30.1 Å². The van der Waals surface area contributed by atoms with Crippen LogP contribution in [0.3, 0.4) is 0 Å². The van der Waals surface area contributed by atoms with Crippen LogP contribution in [0.4, 0.5) is 5.69 Å². The number of nitrogens with zero attached hydrogens (tertiary/aromatic N) is 12. The van der Waals surface area contributed by atoms with Crippen LogP contribution in [-0.2, 0) is 47.0 Å². The van der Waals surface area contributed by atoms with Crippen molar-refractivity contribution >= 4 is 75.9 Å². The number of carbonyl (C=O) groups is 4. The monoisotopic (exact) mass is 1410 g/mol. The molecule has 5 fully saturated rings. The van der Waals surface area contributed by atoms with Gasteiger partial charge < -0.3 is 20.0 Å². The van der Waals surface area contributed by atoms with Crippen LogP contribution >= 0.6 is 0 Å². The normalized spacial score (nSPS) is 18.1. The molecule has 3 aromatic carbocycles. The fraction of sp³-hybridized carbons (Fsp3) is 0.419. The van der Waals surface area contributed by atoms with Crippen LogP contribution in [0, 0.1) is 0 Å². The molecule has 5 aliphatic heterocycles. The summed E-state index contributed by atoms with van der Waals surface area (Å²) in [5, 5.41) is 16.2. The van der Waals surface area contributed by atoms with E-state index in [1.54, 1.807) is 76.0 Å². The van der Waals surface area contributed by atoms with Gasteiger partial charge in [0, 0.05) is 110 Å². The molecule has 524 valence electrons. The molecule has 0 aliphatic carbocycles. The largest absolute Gasteiger partial charge is 0.339 e. The molecule has 6 aromatic heterocycles. The molecule has 5 aliphatic rings. The van der Waals surface area contributed by atoms with Gasteiger partial charge in [-0.2, -0.15) is 23.9 Å². The second-order valence-electron chi connectivity index (χ2n) is 27.5. The molecule has 0 saturated carbocycles. The van der Waals surface area contributed by atoms with E-state index in [0.717, 1.165) is 84.1 Å². The maximum Gasteiger partial charge on any atom is 0.257 e. The van der Waals surface area contributed by atoms with E-state index >= 15 is 0 Å². The van der Waals surface area contributed by atoms with Gasteiger partial charge in [-0.25, -0.2) is 43.1 Å². The van der Waals surface area contributed by atoms with Crippen molar-refractivity contribution in [3.8, 4) is 0 Å². The minimum atomic E-state index is -3.86. The molecule has 11 heterocycles. The molecule has 0 spiro atoms. The van der Waals surface area contributed by atoms with Crippen LogP contribution in [0.1, 0.15) is 173 Å². The Labute approximate surface area is 583 Å². The lowest BCUT2D eigenvalue weighted by Gasteiger charge is -2.32. The predicted octanol–water partition coefficient (Wildman–Crippen LogP) is 9.78. The number of hydrogen-bond acceptors (Lipinski definition) is 13. The zero-order valence-corrected chi connectivity index (χ0v) is 59.0. The number of nitrogens with one attached hydrogen (secondary N) is 1. The Bertz CT molecular complexity index is 4880. The summed E-state index contributed by atoms with van der Waals surface area (Å²) >= 11 is 0. The lowest BCUT2D eigenvalue weighted by Crippen LogP contribution is -2.38. The van der Waals surface area contributed by atoms with Crippen molar-refractivity contribution in [3.63, 3.8) is 0 Å². The molecule has 5 saturated heterocycles. The lowest BCUT2D eigenvalue weighted by molar-refractivity contribution is -0.114. The van der Waals surface area contributed by atoms with Crippen molar-refractivity contribution in [2.45, 2.75) is 130 Å². The fourth-order valence-corrected chi connectivity index (χ4v) is 20.1. The number of sulfonamides is 3. The van der Waals surface area contributed by atoms with Crippen LogP contribution < -0.4 is 5.32 Å². The highest BCUT2D eigenvalue weighted by molar-refractivity contribution is 7.89. The third kappa shape index (κ3) is 14.2. The van der Waals surface area contributed by atoms with Gasteiger partial charge in [-0.1, -0.05) is 36.4 Å². The van der Waals surface area contributed by atoms with Crippen molar-refractivity contribution in [1.29, 1.82) is 0 Å². The Morgan fingerprint density at radius 3 is 1.42 bits per heavy atom. The Balaban J connectivity index is 0.537. The third-order valence-corrected chi connectivity index (χ3v) is 27.1. The van der Waals surface area contributed by atoms with Crippen LogP contribution in [0.15, 0.2) is 156 Å². The average molecular weight is 1410 g/mol. The first-order valence-corrected chi connectivity index (χ1v) is 39.6. The number of rotatable bonds is 19. The Morgan fingerprint density at radius 1 is 0.470 bits per heavy atom. The molecule has 14 rings (SSSR count). The highest BCUT2D eigenvalue weighted by atomic mass is 32.2. The Morgan fingerprint density at radius 2 is 0.920 bits per heavy atom. The summed E-state index contributed by atoms with van der Waals surface area (Å²) < 4.78 is 93.2. The highest BCUT2D eigenvalue weighted by Crippen LogP contribution is 2.37. The Hall–Kier alpha value is -8.66. The van der Waals surface area contributed by atoms with Crippen LogP contribution in [0.25, 0.3) is 16.6 Å². The highest BCUT2D eigenvalue weighted by Gasteiger charge is 2.35. The summed E-state index contributed by atoms with van der Waals surface area (Å²) in [6.07, 6.45) is 19.3. The number of likely N-dealkylation sites (N-methyl/N-ethyl adjacent to an activating group) is 1. The maximum atomic E-state index is 14.3. The summed E-state index contributed by atoms with van der Waals surface area (Å²) in [5.41, 5.74) is 10.0. The van der Waals surface area contributed by atoms with Gasteiger partial charge in [-0.3, -0.25) is 19.2 Å². The Kier molecular flexibility index (Phi) is 19.7. The van der Waals surface area contributed by atoms with Crippen LogP contribution in [0.2, 0.25) is 0 Å². The number of piperidine rings is 5.